The SMILES string of the molecule is COc1ccc(C=O)c(OCc2ccc(F)cc2)c1. The highest BCUT2D eigenvalue weighted by Crippen LogP contribution is 2.24. The summed E-state index contributed by atoms with van der Waals surface area (Å²) in [5.74, 6) is 0.761. The fourth-order valence-corrected chi connectivity index (χ4v) is 1.61. The molecule has 0 radical (unpaired) electrons. The summed E-state index contributed by atoms with van der Waals surface area (Å²) in [6.07, 6.45) is 0.722. The van der Waals surface area contributed by atoms with E-state index in [1.54, 1.807) is 37.4 Å². The molecule has 2 rings (SSSR count). The second-order valence-electron chi connectivity index (χ2n) is 3.94. The van der Waals surface area contributed by atoms with Gasteiger partial charge in [0.25, 0.3) is 0 Å². The lowest BCUT2D eigenvalue weighted by Crippen LogP contribution is -1.99. The average molecular weight is 260 g/mol. The number of methoxy groups -OCH3 is 1. The maximum atomic E-state index is 12.8. The Morgan fingerprint density at radius 1 is 1.16 bits per heavy atom. The first-order valence-electron chi connectivity index (χ1n) is 5.73. The van der Waals surface area contributed by atoms with Crippen LogP contribution in [0.1, 0.15) is 15.9 Å². The Morgan fingerprint density at radius 2 is 1.89 bits per heavy atom. The van der Waals surface area contributed by atoms with Crippen molar-refractivity contribution in [2.75, 3.05) is 7.11 Å². The van der Waals surface area contributed by atoms with Crippen molar-refractivity contribution in [2.24, 2.45) is 0 Å². The largest absolute Gasteiger partial charge is 0.497 e. The molecule has 4 heteroatoms. The second-order valence-corrected chi connectivity index (χ2v) is 3.94. The Labute approximate surface area is 110 Å². The van der Waals surface area contributed by atoms with E-state index in [-0.39, 0.29) is 12.4 Å². The molecule has 98 valence electrons. The summed E-state index contributed by atoms with van der Waals surface area (Å²) in [7, 11) is 1.54. The molecule has 0 atom stereocenters. The van der Waals surface area contributed by atoms with Crippen LogP contribution in [-0.2, 0) is 6.61 Å². The summed E-state index contributed by atoms with van der Waals surface area (Å²) in [5, 5.41) is 0. The molecule has 3 nitrogen and oxygen atoms in total. The lowest BCUT2D eigenvalue weighted by Gasteiger charge is -2.10. The molecule has 0 fully saturated rings. The number of halogens is 1. The van der Waals surface area contributed by atoms with Crippen molar-refractivity contribution in [3.8, 4) is 11.5 Å². The van der Waals surface area contributed by atoms with Gasteiger partial charge in [-0.2, -0.15) is 0 Å². The monoisotopic (exact) mass is 260 g/mol. The second kappa shape index (κ2) is 6.00. The number of carbonyl (C=O) groups is 1. The third-order valence-electron chi connectivity index (χ3n) is 2.66. The van der Waals surface area contributed by atoms with Gasteiger partial charge in [-0.05, 0) is 29.8 Å². The Hall–Kier alpha value is -2.36. The summed E-state index contributed by atoms with van der Waals surface area (Å²) in [6, 6.07) is 11.0. The van der Waals surface area contributed by atoms with Crippen LogP contribution in [0.2, 0.25) is 0 Å². The smallest absolute Gasteiger partial charge is 0.153 e. The maximum Gasteiger partial charge on any atom is 0.153 e. The first-order chi connectivity index (χ1) is 9.22. The highest BCUT2D eigenvalue weighted by Gasteiger charge is 2.05. The van der Waals surface area contributed by atoms with Crippen LogP contribution in [0.25, 0.3) is 0 Å². The van der Waals surface area contributed by atoms with E-state index in [2.05, 4.69) is 0 Å². The minimum absolute atomic E-state index is 0.258. The van der Waals surface area contributed by atoms with Crippen LogP contribution in [0.4, 0.5) is 4.39 Å². The molecule has 0 saturated heterocycles. The third kappa shape index (κ3) is 3.31. The lowest BCUT2D eigenvalue weighted by atomic mass is 10.2. The number of aldehydes is 1. The van der Waals surface area contributed by atoms with Gasteiger partial charge in [-0.1, -0.05) is 12.1 Å². The molecule has 0 saturated carbocycles. The Bertz CT molecular complexity index is 564. The van der Waals surface area contributed by atoms with Crippen molar-refractivity contribution >= 4 is 6.29 Å². The molecule has 0 aliphatic rings. The topological polar surface area (TPSA) is 35.5 Å². The van der Waals surface area contributed by atoms with E-state index in [0.717, 1.165) is 11.8 Å². The molecule has 0 aromatic heterocycles. The number of carbonyl (C=O) groups excluding carboxylic acids is 1. The van der Waals surface area contributed by atoms with Crippen LogP contribution < -0.4 is 9.47 Å². The molecule has 19 heavy (non-hydrogen) atoms. The van der Waals surface area contributed by atoms with Gasteiger partial charge in [-0.3, -0.25) is 4.79 Å². The molecule has 0 aliphatic carbocycles. The van der Waals surface area contributed by atoms with E-state index < -0.39 is 0 Å². The van der Waals surface area contributed by atoms with Crippen LogP contribution in [0.5, 0.6) is 11.5 Å². The molecular weight excluding hydrogens is 247 g/mol. The number of hydrogen-bond donors (Lipinski definition) is 0. The zero-order chi connectivity index (χ0) is 13.7. The van der Waals surface area contributed by atoms with E-state index in [9.17, 15) is 9.18 Å². The number of hydrogen-bond acceptors (Lipinski definition) is 3. The van der Waals surface area contributed by atoms with E-state index >= 15 is 0 Å². The van der Waals surface area contributed by atoms with Crippen molar-refractivity contribution in [1.29, 1.82) is 0 Å². The zero-order valence-corrected chi connectivity index (χ0v) is 10.4. The molecule has 0 amide bonds. The van der Waals surface area contributed by atoms with Gasteiger partial charge in [-0.15, -0.1) is 0 Å². The summed E-state index contributed by atoms with van der Waals surface area (Å²) in [6.45, 7) is 0.258. The van der Waals surface area contributed by atoms with Crippen molar-refractivity contribution < 1.29 is 18.7 Å². The number of rotatable bonds is 5. The van der Waals surface area contributed by atoms with E-state index in [4.69, 9.17) is 9.47 Å². The summed E-state index contributed by atoms with van der Waals surface area (Å²) in [5.41, 5.74) is 1.27. The summed E-state index contributed by atoms with van der Waals surface area (Å²) >= 11 is 0. The normalized spacial score (nSPS) is 10.0. The van der Waals surface area contributed by atoms with Crippen LogP contribution in [-0.4, -0.2) is 13.4 Å². The number of benzene rings is 2. The molecule has 0 aliphatic heterocycles. The van der Waals surface area contributed by atoms with Gasteiger partial charge in [0.05, 0.1) is 12.7 Å². The van der Waals surface area contributed by atoms with E-state index in [1.807, 2.05) is 0 Å². The predicted octanol–water partition coefficient (Wildman–Crippen LogP) is 3.23. The van der Waals surface area contributed by atoms with Gasteiger partial charge >= 0.3 is 0 Å². The summed E-state index contributed by atoms with van der Waals surface area (Å²) in [4.78, 5) is 10.9. The van der Waals surface area contributed by atoms with Crippen molar-refractivity contribution in [3.05, 3.63) is 59.4 Å². The minimum atomic E-state index is -0.293. The van der Waals surface area contributed by atoms with Crippen LogP contribution >= 0.6 is 0 Å². The van der Waals surface area contributed by atoms with Crippen LogP contribution in [0.15, 0.2) is 42.5 Å². The Kier molecular flexibility index (Phi) is 4.13. The first-order valence-corrected chi connectivity index (χ1v) is 5.73. The average Bonchev–Trinajstić information content (AvgIpc) is 2.46. The molecule has 0 heterocycles. The van der Waals surface area contributed by atoms with Gasteiger partial charge in [0.2, 0.25) is 0 Å². The molecule has 0 spiro atoms. The standard InChI is InChI=1S/C15H13FO3/c1-18-14-7-4-12(9-17)15(8-14)19-10-11-2-5-13(16)6-3-11/h2-9H,10H2,1H3. The first kappa shape index (κ1) is 13.1. The quantitative estimate of drug-likeness (QED) is 0.774. The third-order valence-corrected chi connectivity index (χ3v) is 2.66. The zero-order valence-electron chi connectivity index (χ0n) is 10.4. The van der Waals surface area contributed by atoms with Crippen LogP contribution in [0.3, 0.4) is 0 Å². The van der Waals surface area contributed by atoms with E-state index in [0.29, 0.717) is 17.1 Å². The van der Waals surface area contributed by atoms with Crippen molar-refractivity contribution in [2.45, 2.75) is 6.61 Å². The molecule has 0 bridgehead atoms. The molecular formula is C15H13FO3. The fourth-order valence-electron chi connectivity index (χ4n) is 1.61. The summed E-state index contributed by atoms with van der Waals surface area (Å²) < 4.78 is 23.4. The highest BCUT2D eigenvalue weighted by atomic mass is 19.1. The van der Waals surface area contributed by atoms with Gasteiger partial charge < -0.3 is 9.47 Å². The van der Waals surface area contributed by atoms with Gasteiger partial charge in [0.15, 0.2) is 6.29 Å². The van der Waals surface area contributed by atoms with E-state index in [1.165, 1.54) is 12.1 Å². The van der Waals surface area contributed by atoms with Crippen molar-refractivity contribution in [3.63, 3.8) is 0 Å². The number of ether oxygens (including phenoxy) is 2. The molecule has 0 N–H and O–H groups in total. The molecule has 0 unspecified atom stereocenters. The van der Waals surface area contributed by atoms with Crippen molar-refractivity contribution in [1.82, 2.24) is 0 Å². The van der Waals surface area contributed by atoms with Gasteiger partial charge in [0, 0.05) is 6.07 Å². The maximum absolute atomic E-state index is 12.8. The fraction of sp³-hybridized carbons (Fsp3) is 0.133. The highest BCUT2D eigenvalue weighted by molar-refractivity contribution is 5.79. The molecule has 2 aromatic carbocycles. The van der Waals surface area contributed by atoms with Crippen LogP contribution in [0, 0.1) is 5.82 Å². The Balaban J connectivity index is 2.13. The molecule has 2 aromatic rings. The minimum Gasteiger partial charge on any atom is -0.497 e. The Morgan fingerprint density at radius 3 is 2.53 bits per heavy atom. The van der Waals surface area contributed by atoms with Gasteiger partial charge in [-0.25, -0.2) is 4.39 Å². The lowest BCUT2D eigenvalue weighted by molar-refractivity contribution is 0.111. The predicted molar refractivity (Wildman–Crippen MR) is 69.1 cm³/mol. The van der Waals surface area contributed by atoms with Gasteiger partial charge in [0.1, 0.15) is 23.9 Å².